The van der Waals surface area contributed by atoms with Gasteiger partial charge in [-0.1, -0.05) is 166 Å². The van der Waals surface area contributed by atoms with Crippen molar-refractivity contribution in [3.8, 4) is 0 Å². The van der Waals surface area contributed by atoms with Crippen molar-refractivity contribution in [2.75, 3.05) is 0 Å². The Labute approximate surface area is 292 Å². The highest BCUT2D eigenvalue weighted by atomic mass is 14.2. The summed E-state index contributed by atoms with van der Waals surface area (Å²) in [4.78, 5) is 0. The van der Waals surface area contributed by atoms with Gasteiger partial charge in [0.15, 0.2) is 0 Å². The zero-order valence-corrected chi connectivity index (χ0v) is 31.9. The van der Waals surface area contributed by atoms with Crippen LogP contribution in [0.15, 0.2) is 48.5 Å². The van der Waals surface area contributed by atoms with Crippen molar-refractivity contribution in [3.05, 3.63) is 104 Å². The van der Waals surface area contributed by atoms with Gasteiger partial charge in [-0.15, -0.1) is 0 Å². The van der Waals surface area contributed by atoms with E-state index >= 15 is 0 Å². The molecule has 0 saturated carbocycles. The zero-order chi connectivity index (χ0) is 33.7. The third kappa shape index (κ3) is 14.8. The Balaban J connectivity index is 1.78. The fourth-order valence-corrected chi connectivity index (χ4v) is 7.30. The van der Waals surface area contributed by atoms with Crippen LogP contribution in [0, 0.1) is 20.8 Å². The molecule has 3 rings (SSSR count). The van der Waals surface area contributed by atoms with Crippen LogP contribution in [0.3, 0.4) is 0 Å². The van der Waals surface area contributed by atoms with E-state index in [4.69, 9.17) is 0 Å². The van der Waals surface area contributed by atoms with E-state index in [2.05, 4.69) is 90.1 Å². The topological polar surface area (TPSA) is 0 Å². The molecule has 0 aliphatic carbocycles. The molecule has 0 N–H and O–H groups in total. The largest absolute Gasteiger partial charge is 0.0654 e. The van der Waals surface area contributed by atoms with Crippen molar-refractivity contribution in [2.45, 2.75) is 189 Å². The van der Waals surface area contributed by atoms with Crippen LogP contribution >= 0.6 is 0 Å². The number of rotatable bonds is 25. The second-order valence-electron chi connectivity index (χ2n) is 15.0. The Bertz CT molecular complexity index is 1190. The van der Waals surface area contributed by atoms with Crippen LogP contribution in [0.1, 0.15) is 192 Å². The van der Waals surface area contributed by atoms with E-state index in [-0.39, 0.29) is 0 Å². The number of hydrogen-bond donors (Lipinski definition) is 0. The highest BCUT2D eigenvalue weighted by Crippen LogP contribution is 2.27. The molecule has 47 heavy (non-hydrogen) atoms. The monoisotopic (exact) mass is 637 g/mol. The van der Waals surface area contributed by atoms with Gasteiger partial charge < -0.3 is 0 Å². The molecular weight excluding hydrogens is 565 g/mol. The van der Waals surface area contributed by atoms with Gasteiger partial charge in [-0.25, -0.2) is 0 Å². The van der Waals surface area contributed by atoms with Crippen LogP contribution in [0.25, 0.3) is 0 Å². The van der Waals surface area contributed by atoms with Crippen LogP contribution < -0.4 is 0 Å². The maximum atomic E-state index is 2.58. The fraction of sp³-hybridized carbons (Fsp3) is 0.617. The lowest BCUT2D eigenvalue weighted by molar-refractivity contribution is 0.607. The molecule has 0 atom stereocenters. The van der Waals surface area contributed by atoms with Gasteiger partial charge in [-0.3, -0.25) is 0 Å². The van der Waals surface area contributed by atoms with Gasteiger partial charge in [0.1, 0.15) is 0 Å². The van der Waals surface area contributed by atoms with Crippen LogP contribution in [-0.4, -0.2) is 0 Å². The molecule has 0 fully saturated rings. The molecule has 0 nitrogen and oxygen atoms in total. The van der Waals surface area contributed by atoms with E-state index in [1.165, 1.54) is 174 Å². The first-order chi connectivity index (χ1) is 22.9. The normalized spacial score (nSPS) is 11.4. The molecule has 0 saturated heterocycles. The Hall–Kier alpha value is -2.34. The quantitative estimate of drug-likeness (QED) is 0.0812. The van der Waals surface area contributed by atoms with Gasteiger partial charge >= 0.3 is 0 Å². The second-order valence-corrected chi connectivity index (χ2v) is 15.0. The standard InChI is InChI=1S/C47H72/c1-7-10-13-16-19-22-25-41-30-28-38(4)44(32-41)36-46-34-43(27-24-21-18-15-12-9-3)35-47(40(46)6)37-45-33-42(31-29-39(45)5)26-23-20-17-14-11-8-2/h28-35H,7-27,36-37H2,1-6H3. The zero-order valence-electron chi connectivity index (χ0n) is 31.9. The summed E-state index contributed by atoms with van der Waals surface area (Å²) in [5.41, 5.74) is 15.1. The Morgan fingerprint density at radius 3 is 1.04 bits per heavy atom. The Morgan fingerprint density at radius 2 is 0.660 bits per heavy atom. The summed E-state index contributed by atoms with van der Waals surface area (Å²) >= 11 is 0. The maximum Gasteiger partial charge on any atom is -0.00202 e. The molecule has 0 aromatic heterocycles. The van der Waals surface area contributed by atoms with Crippen molar-refractivity contribution >= 4 is 0 Å². The number of aryl methyl sites for hydroxylation is 5. The van der Waals surface area contributed by atoms with E-state index in [0.717, 1.165) is 12.8 Å². The lowest BCUT2D eigenvalue weighted by Crippen LogP contribution is -2.04. The average Bonchev–Trinajstić information content (AvgIpc) is 3.07. The van der Waals surface area contributed by atoms with Crippen LogP contribution in [-0.2, 0) is 32.1 Å². The lowest BCUT2D eigenvalue weighted by atomic mass is 9.87. The summed E-state index contributed by atoms with van der Waals surface area (Å²) in [6.07, 6.45) is 30.3. The molecule has 0 heteroatoms. The van der Waals surface area contributed by atoms with Gasteiger partial charge in [0.05, 0.1) is 0 Å². The molecule has 3 aromatic rings. The van der Waals surface area contributed by atoms with Crippen molar-refractivity contribution in [3.63, 3.8) is 0 Å². The first-order valence-corrected chi connectivity index (χ1v) is 20.2. The highest BCUT2D eigenvalue weighted by molar-refractivity contribution is 5.46. The summed E-state index contributed by atoms with van der Waals surface area (Å²) in [6, 6.07) is 19.8. The van der Waals surface area contributed by atoms with E-state index in [1.807, 2.05) is 0 Å². The predicted molar refractivity (Wildman–Crippen MR) is 210 cm³/mol. The molecule has 0 bridgehead atoms. The summed E-state index contributed by atoms with van der Waals surface area (Å²) in [5, 5.41) is 0. The molecule has 260 valence electrons. The second kappa shape index (κ2) is 23.1. The molecular formula is C47H72. The summed E-state index contributed by atoms with van der Waals surface area (Å²) in [6.45, 7) is 14.0. The number of unbranched alkanes of at least 4 members (excludes halogenated alkanes) is 15. The summed E-state index contributed by atoms with van der Waals surface area (Å²) in [5.74, 6) is 0. The molecule has 3 aromatic carbocycles. The van der Waals surface area contributed by atoms with E-state index in [0.29, 0.717) is 0 Å². The van der Waals surface area contributed by atoms with E-state index < -0.39 is 0 Å². The predicted octanol–water partition coefficient (Wildman–Crippen LogP) is 14.5. The fourth-order valence-electron chi connectivity index (χ4n) is 7.30. The minimum Gasteiger partial charge on any atom is -0.0654 e. The van der Waals surface area contributed by atoms with Crippen molar-refractivity contribution < 1.29 is 0 Å². The molecule has 0 unspecified atom stereocenters. The number of hydrogen-bond acceptors (Lipinski definition) is 0. The van der Waals surface area contributed by atoms with Crippen molar-refractivity contribution in [1.29, 1.82) is 0 Å². The van der Waals surface area contributed by atoms with Crippen LogP contribution in [0.2, 0.25) is 0 Å². The average molecular weight is 637 g/mol. The lowest BCUT2D eigenvalue weighted by Gasteiger charge is -2.18. The summed E-state index contributed by atoms with van der Waals surface area (Å²) < 4.78 is 0. The molecule has 0 radical (unpaired) electrons. The maximum absolute atomic E-state index is 2.58. The summed E-state index contributed by atoms with van der Waals surface area (Å²) in [7, 11) is 0. The van der Waals surface area contributed by atoms with Gasteiger partial charge in [-0.2, -0.15) is 0 Å². The molecule has 0 spiro atoms. The molecule has 0 aliphatic heterocycles. The Morgan fingerprint density at radius 1 is 0.340 bits per heavy atom. The van der Waals surface area contributed by atoms with Crippen LogP contribution in [0.5, 0.6) is 0 Å². The Kier molecular flexibility index (Phi) is 19.2. The molecule has 0 aliphatic rings. The third-order valence-electron chi connectivity index (χ3n) is 10.7. The number of benzene rings is 3. The first-order valence-electron chi connectivity index (χ1n) is 20.2. The van der Waals surface area contributed by atoms with Gasteiger partial charge in [-0.05, 0) is 128 Å². The van der Waals surface area contributed by atoms with Gasteiger partial charge in [0.25, 0.3) is 0 Å². The van der Waals surface area contributed by atoms with E-state index in [1.54, 1.807) is 16.7 Å². The minimum absolute atomic E-state index is 1.05. The van der Waals surface area contributed by atoms with Crippen molar-refractivity contribution in [2.24, 2.45) is 0 Å². The van der Waals surface area contributed by atoms with Crippen LogP contribution in [0.4, 0.5) is 0 Å². The minimum atomic E-state index is 1.05. The highest BCUT2D eigenvalue weighted by Gasteiger charge is 2.13. The van der Waals surface area contributed by atoms with Gasteiger partial charge in [0.2, 0.25) is 0 Å². The SMILES string of the molecule is CCCCCCCCc1ccc(C)c(Cc2cc(CCCCCCCC)cc(Cc3cc(CCCCCCCC)ccc3C)c2C)c1. The van der Waals surface area contributed by atoms with Crippen molar-refractivity contribution in [1.82, 2.24) is 0 Å². The smallest absolute Gasteiger partial charge is 0.00202 e. The first kappa shape index (κ1) is 39.1. The van der Waals surface area contributed by atoms with Gasteiger partial charge in [0, 0.05) is 0 Å². The third-order valence-corrected chi connectivity index (χ3v) is 10.7. The van der Waals surface area contributed by atoms with E-state index in [9.17, 15) is 0 Å². The molecule has 0 amide bonds. The molecule has 0 heterocycles.